The highest BCUT2D eigenvalue weighted by atomic mass is 32.2. The van der Waals surface area contributed by atoms with Crippen LogP contribution in [0.2, 0.25) is 0 Å². The first kappa shape index (κ1) is 80.4. The number of amides is 3. The van der Waals surface area contributed by atoms with Gasteiger partial charge in [-0.25, -0.2) is 28.7 Å². The van der Waals surface area contributed by atoms with Crippen molar-refractivity contribution in [1.29, 1.82) is 0 Å². The number of aromatic amines is 2. The number of ether oxygens (including phenoxy) is 4. The number of aliphatic hydroxyl groups is 1. The van der Waals surface area contributed by atoms with Crippen LogP contribution in [-0.2, 0) is 64.7 Å². The second kappa shape index (κ2) is 34.5. The molecule has 5 saturated heterocycles. The Bertz CT molecular complexity index is 5200. The third kappa shape index (κ3) is 19.5. The number of nitrogen functional groups attached to an aromatic ring is 1. The van der Waals surface area contributed by atoms with Crippen molar-refractivity contribution in [3.05, 3.63) is 162 Å². The molecule has 11 rings (SSSR count). The number of carbonyl (C=O) groups is 5. The van der Waals surface area contributed by atoms with E-state index in [1.165, 1.54) is 48.0 Å². The van der Waals surface area contributed by atoms with E-state index in [2.05, 4.69) is 89.6 Å². The largest absolute Gasteiger partial charge is 0.472 e. The standard InChI is InChI=1S/C62H63N15O27P2S3/c1-29(70-38-20-66-61(86)108-57(38)82)36-11-7-31(14-39(36)76(88)89)5-9-33-22-73(54-52(33)53(64)68-28-69-54)49-16-41(78)45(100-49)25-96-105(92,93)103-42-17-50(75-24-35(56(81)72-60(75)85)10-6-32-8-12-37(40(15-32)77(90)91)30(2)99-44-21-67-62(87)109-58(44)83)101-46(42)26-97-106(94,95)104-43-18-51(102-47(43)27-98-107)74-23-34(55(80)71-59(74)84)4-3-13-65-48(79)19-63/h7-8,11-12,14-15,22-24,28-30,38,41-47,49-51,70,78,107H,13,16-21,25-27,63H2,1-2H3,(H,65,79)(H,66,86)(H,67,87)(H,92,93)(H,94,95)(H2,64,68,69)(H,71,80,84)(H,72,81,85)/t29?,30?,38?,41-,42-,43-,44?,45+,46+,47+,49+,50+,51+/m0/s1. The molecule has 42 nitrogen and oxygen atoms in total. The molecule has 9 heterocycles. The minimum absolute atomic E-state index is 0.0186. The normalized spacial score (nSPS) is 24.2. The van der Waals surface area contributed by atoms with E-state index in [0.717, 1.165) is 33.9 Å². The number of hydrogen-bond donors (Lipinski definition) is 12. The average molecular weight is 1610 g/mol. The summed E-state index contributed by atoms with van der Waals surface area (Å²) in [6.45, 7) is -0.0839. The highest BCUT2D eigenvalue weighted by Crippen LogP contribution is 2.52. The fourth-order valence-electron chi connectivity index (χ4n) is 11.9. The molecule has 109 heavy (non-hydrogen) atoms. The Balaban J connectivity index is 0.812. The van der Waals surface area contributed by atoms with Crippen LogP contribution in [0.3, 0.4) is 0 Å². The first-order valence-corrected chi connectivity index (χ1v) is 37.3. The number of anilines is 1. The van der Waals surface area contributed by atoms with Crippen molar-refractivity contribution in [2.45, 2.75) is 113 Å². The van der Waals surface area contributed by atoms with Crippen LogP contribution in [0.1, 0.15) is 103 Å². The number of carbonyl (C=O) groups excluding carboxylic acids is 5. The number of fused-ring (bicyclic) bond motifs is 1. The minimum atomic E-state index is -5.45. The molecule has 47 heteroatoms. The predicted octanol–water partition coefficient (Wildman–Crippen LogP) is 0.677. The number of nitrogens with zero attached hydrogens (tertiary/aromatic N) is 7. The molecule has 576 valence electrons. The molecule has 15 atom stereocenters. The predicted molar refractivity (Wildman–Crippen MR) is 380 cm³/mol. The van der Waals surface area contributed by atoms with Crippen LogP contribution >= 0.6 is 52.1 Å². The number of phosphoric acid groups is 2. The second-order valence-electron chi connectivity index (χ2n) is 24.3. The average Bonchev–Trinajstić information content (AvgIpc) is 1.60. The van der Waals surface area contributed by atoms with E-state index in [0.29, 0.717) is 23.5 Å². The number of nitrogens with one attached hydrogen (secondary N) is 6. The molecule has 0 saturated carbocycles. The molecule has 0 spiro atoms. The van der Waals surface area contributed by atoms with Crippen molar-refractivity contribution in [2.75, 3.05) is 51.7 Å². The number of rotatable bonds is 25. The summed E-state index contributed by atoms with van der Waals surface area (Å²) in [6.07, 6.45) is -12.1. The number of H-pyrrole nitrogens is 2. The monoisotopic (exact) mass is 1610 g/mol. The number of thiol groups is 1. The summed E-state index contributed by atoms with van der Waals surface area (Å²) in [5.74, 6) is 15.4. The quantitative estimate of drug-likeness (QED) is 0.00936. The van der Waals surface area contributed by atoms with Gasteiger partial charge in [-0.2, -0.15) is 0 Å². The van der Waals surface area contributed by atoms with Crippen molar-refractivity contribution < 1.29 is 99.1 Å². The lowest BCUT2D eigenvalue weighted by Crippen LogP contribution is -2.49. The molecule has 2 aromatic carbocycles. The minimum Gasteiger partial charge on any atom is -0.390 e. The smallest absolute Gasteiger partial charge is 0.390 e. The van der Waals surface area contributed by atoms with E-state index in [1.54, 1.807) is 6.92 Å². The van der Waals surface area contributed by atoms with Gasteiger partial charge in [-0.15, -0.1) is 0 Å². The van der Waals surface area contributed by atoms with Crippen molar-refractivity contribution in [3.63, 3.8) is 0 Å². The highest BCUT2D eigenvalue weighted by Gasteiger charge is 2.47. The van der Waals surface area contributed by atoms with E-state index in [-0.39, 0.29) is 88.5 Å². The lowest BCUT2D eigenvalue weighted by Gasteiger charge is -2.25. The molecule has 5 fully saturated rings. The maximum atomic E-state index is 14.2. The summed E-state index contributed by atoms with van der Waals surface area (Å²) in [7, 11) is -10.9. The zero-order chi connectivity index (χ0) is 78.3. The van der Waals surface area contributed by atoms with Gasteiger partial charge in [0.05, 0.1) is 84.1 Å². The van der Waals surface area contributed by atoms with Crippen LogP contribution < -0.4 is 55.2 Å². The van der Waals surface area contributed by atoms with Crippen LogP contribution in [0, 0.1) is 55.8 Å². The molecular formula is C62H63N15O27P2S3. The Labute approximate surface area is 625 Å². The summed E-state index contributed by atoms with van der Waals surface area (Å²) in [4.78, 5) is 171. The molecule has 5 aliphatic rings. The number of nitro benzene ring substituents is 2. The van der Waals surface area contributed by atoms with E-state index in [4.69, 9.17) is 52.7 Å². The number of hydrogen-bond acceptors (Lipinski definition) is 33. The Kier molecular flexibility index (Phi) is 25.5. The number of aliphatic hydroxyl groups excluding tert-OH is 1. The molecule has 0 aliphatic carbocycles. The molecule has 5 aliphatic heterocycles. The van der Waals surface area contributed by atoms with Crippen LogP contribution in [0.4, 0.5) is 26.8 Å². The number of benzene rings is 2. The molecule has 3 amide bonds. The number of phosphoric ester groups is 2. The maximum Gasteiger partial charge on any atom is 0.472 e. The SMILES string of the molecule is CC(NC1CNC(=O)SC1=O)c1ccc(C#Cc2cn([C@H]3C[C@H](O)[C@@H](COP(=O)(O)O[C@H]4C[C@H](n5cc(C#Cc6ccc(C(C)OC7CNC(=O)SC7=O)c([N+](=O)[O-])c6)c(=O)[nH]c5=O)O[C@@H]4COP(=O)(O)O[C@H]4C[C@H](n5cc(C#CCNC(=O)CN)c(=O)[nH]c5=O)O[C@@H]4COS)O3)c3ncnc(N)c23)cc1[N+](=O)[O-]. The van der Waals surface area contributed by atoms with Gasteiger partial charge in [0.1, 0.15) is 84.2 Å². The molecule has 6 aromatic rings. The van der Waals surface area contributed by atoms with E-state index in [1.807, 2.05) is 0 Å². The lowest BCUT2D eigenvalue weighted by molar-refractivity contribution is -0.386. The summed E-state index contributed by atoms with van der Waals surface area (Å²) < 4.78 is 82.3. The molecule has 6 unspecified atom stereocenters. The zero-order valence-corrected chi connectivity index (χ0v) is 60.7. The fourth-order valence-corrected chi connectivity index (χ4v) is 15.2. The van der Waals surface area contributed by atoms with E-state index >= 15 is 0 Å². The Morgan fingerprint density at radius 1 is 0.725 bits per heavy atom. The van der Waals surface area contributed by atoms with Crippen LogP contribution in [0.5, 0.6) is 0 Å². The summed E-state index contributed by atoms with van der Waals surface area (Å²) in [5.41, 5.74) is 6.68. The maximum absolute atomic E-state index is 14.2. The number of nitrogens with two attached hydrogens (primary N) is 2. The van der Waals surface area contributed by atoms with Gasteiger partial charge in [0.25, 0.3) is 33.0 Å². The zero-order valence-electron chi connectivity index (χ0n) is 56.4. The highest BCUT2D eigenvalue weighted by molar-refractivity contribution is 8.26. The first-order valence-electron chi connectivity index (χ1n) is 32.4. The number of nitro groups is 2. The van der Waals surface area contributed by atoms with Gasteiger partial charge in [0.15, 0.2) is 0 Å². The Hall–Kier alpha value is -9.60. The topological polar surface area (TPSA) is 590 Å². The first-order chi connectivity index (χ1) is 51.8. The van der Waals surface area contributed by atoms with Gasteiger partial charge in [-0.3, -0.25) is 96.3 Å². The third-order valence-electron chi connectivity index (χ3n) is 17.1. The summed E-state index contributed by atoms with van der Waals surface area (Å²) >= 11 is 4.63. The summed E-state index contributed by atoms with van der Waals surface area (Å²) in [6, 6.07) is 6.36. The molecule has 0 radical (unpaired) electrons. The fraction of sp³-hybridized carbons (Fsp3) is 0.403. The van der Waals surface area contributed by atoms with Gasteiger partial charge in [-0.1, -0.05) is 35.5 Å². The van der Waals surface area contributed by atoms with Crippen LogP contribution in [-0.4, -0.2) is 180 Å². The Morgan fingerprint density at radius 3 is 1.83 bits per heavy atom. The molecular weight excluding hydrogens is 1540 g/mol. The van der Waals surface area contributed by atoms with Crippen LogP contribution in [0.25, 0.3) is 11.0 Å². The van der Waals surface area contributed by atoms with Crippen LogP contribution in [0.15, 0.2) is 80.5 Å². The summed E-state index contributed by atoms with van der Waals surface area (Å²) in [5, 5.41) is 44.6. The van der Waals surface area contributed by atoms with Gasteiger partial charge < -0.3 is 70.0 Å². The molecule has 13 N–H and O–H groups in total. The van der Waals surface area contributed by atoms with E-state index in [9.17, 15) is 87.4 Å². The van der Waals surface area contributed by atoms with Gasteiger partial charge in [-0.05, 0) is 51.0 Å². The van der Waals surface area contributed by atoms with Crippen molar-refractivity contribution in [2.24, 2.45) is 5.73 Å². The van der Waals surface area contributed by atoms with E-state index < -0.39 is 198 Å². The molecule has 0 bridgehead atoms. The van der Waals surface area contributed by atoms with Gasteiger partial charge >= 0.3 is 27.0 Å². The van der Waals surface area contributed by atoms with Gasteiger partial charge in [0, 0.05) is 103 Å². The lowest BCUT2D eigenvalue weighted by atomic mass is 10.0. The number of aromatic nitrogens is 7. The second-order valence-corrected chi connectivity index (χ2v) is 29.4. The third-order valence-corrected chi connectivity index (χ3v) is 20.9. The van der Waals surface area contributed by atoms with Crippen molar-refractivity contribution in [3.8, 4) is 35.5 Å². The molecule has 4 aromatic heterocycles. The van der Waals surface area contributed by atoms with Crippen molar-refractivity contribution in [1.82, 2.24) is 54.9 Å². The van der Waals surface area contributed by atoms with Crippen molar-refractivity contribution >= 4 is 107 Å². The van der Waals surface area contributed by atoms with Gasteiger partial charge in [0.2, 0.25) is 16.1 Å². The number of thioether (sulfide) groups is 2. The Morgan fingerprint density at radius 2 is 1.25 bits per heavy atom.